The van der Waals surface area contributed by atoms with Crippen molar-refractivity contribution in [2.45, 2.75) is 18.2 Å². The summed E-state index contributed by atoms with van der Waals surface area (Å²) in [7, 11) is -2.18. The zero-order chi connectivity index (χ0) is 25.2. The summed E-state index contributed by atoms with van der Waals surface area (Å²) in [4.78, 5) is 23.9. The molecule has 0 unspecified atom stereocenters. The van der Waals surface area contributed by atoms with E-state index in [0.29, 0.717) is 58.7 Å². The minimum atomic E-state index is -3.70. The number of rotatable bonds is 6. The molecule has 1 saturated heterocycles. The van der Waals surface area contributed by atoms with Crippen LogP contribution < -0.4 is 9.64 Å². The molecule has 1 fully saturated rings. The van der Waals surface area contributed by atoms with Crippen LogP contribution >= 0.6 is 23.2 Å². The van der Waals surface area contributed by atoms with Crippen LogP contribution in [0.2, 0.25) is 10.0 Å². The van der Waals surface area contributed by atoms with Crippen molar-refractivity contribution in [3.05, 3.63) is 52.1 Å². The van der Waals surface area contributed by atoms with E-state index in [4.69, 9.17) is 32.7 Å². The number of nitrogens with zero attached hydrogens (tertiary/aromatic N) is 4. The molecule has 0 amide bonds. The number of ether oxygens (including phenoxy) is 2. The van der Waals surface area contributed by atoms with Gasteiger partial charge in [-0.05, 0) is 49.7 Å². The fraction of sp³-hybridized carbons (Fsp3) is 0.348. The summed E-state index contributed by atoms with van der Waals surface area (Å²) in [5, 5.41) is 0.612. The molecule has 4 rings (SSSR count). The molecule has 1 aliphatic heterocycles. The number of anilines is 1. The molecule has 0 bridgehead atoms. The number of halogens is 2. The Hall–Kier alpha value is -2.66. The van der Waals surface area contributed by atoms with Crippen molar-refractivity contribution in [3.63, 3.8) is 0 Å². The Labute approximate surface area is 213 Å². The van der Waals surface area contributed by atoms with Gasteiger partial charge in [0.1, 0.15) is 5.75 Å². The Morgan fingerprint density at radius 2 is 1.66 bits per heavy atom. The Morgan fingerprint density at radius 3 is 2.29 bits per heavy atom. The third kappa shape index (κ3) is 5.30. The van der Waals surface area contributed by atoms with Gasteiger partial charge in [-0.2, -0.15) is 4.31 Å². The second kappa shape index (κ2) is 10.5. The van der Waals surface area contributed by atoms with Crippen LogP contribution in [0.4, 0.5) is 5.82 Å². The molecule has 2 aromatic carbocycles. The van der Waals surface area contributed by atoms with Gasteiger partial charge in [-0.3, -0.25) is 0 Å². The number of aromatic nitrogens is 2. The Morgan fingerprint density at radius 1 is 1.00 bits per heavy atom. The Balaban J connectivity index is 1.65. The predicted octanol–water partition coefficient (Wildman–Crippen LogP) is 4.02. The number of fused-ring (bicyclic) bond motifs is 1. The number of hydrogen-bond donors (Lipinski definition) is 0. The summed E-state index contributed by atoms with van der Waals surface area (Å²) in [6.07, 6.45) is 0.527. The quantitative estimate of drug-likeness (QED) is 0.433. The number of benzene rings is 2. The Kier molecular flexibility index (Phi) is 7.65. The third-order valence-electron chi connectivity index (χ3n) is 5.61. The van der Waals surface area contributed by atoms with Crippen LogP contribution in [0.5, 0.6) is 5.75 Å². The van der Waals surface area contributed by atoms with Gasteiger partial charge in [0.25, 0.3) is 0 Å². The minimum Gasteiger partial charge on any atom is -0.497 e. The van der Waals surface area contributed by atoms with Crippen LogP contribution in [0, 0.1) is 0 Å². The van der Waals surface area contributed by atoms with E-state index in [9.17, 15) is 13.2 Å². The monoisotopic (exact) mass is 538 g/mol. The zero-order valence-corrected chi connectivity index (χ0v) is 21.5. The summed E-state index contributed by atoms with van der Waals surface area (Å²) in [5.41, 5.74) is 0.920. The molecule has 0 radical (unpaired) electrons. The van der Waals surface area contributed by atoms with E-state index in [0.717, 1.165) is 0 Å². The predicted molar refractivity (Wildman–Crippen MR) is 134 cm³/mol. The second-order valence-corrected chi connectivity index (χ2v) is 10.5. The van der Waals surface area contributed by atoms with Gasteiger partial charge in [-0.1, -0.05) is 23.2 Å². The molecule has 1 aromatic heterocycles. The average molecular weight is 539 g/mol. The Bertz CT molecular complexity index is 1350. The summed E-state index contributed by atoms with van der Waals surface area (Å²) in [6, 6.07) is 9.42. The number of carbonyl (C=O) groups excluding carboxylic acids is 1. The van der Waals surface area contributed by atoms with Crippen LogP contribution in [-0.2, 0) is 14.8 Å². The molecular weight excluding hydrogens is 515 g/mol. The van der Waals surface area contributed by atoms with Gasteiger partial charge in [0, 0.05) is 26.2 Å². The van der Waals surface area contributed by atoms with Crippen molar-refractivity contribution >= 4 is 56.0 Å². The lowest BCUT2D eigenvalue weighted by Gasteiger charge is -2.24. The lowest BCUT2D eigenvalue weighted by molar-refractivity contribution is 0.0520. The molecule has 9 nitrogen and oxygen atoms in total. The normalized spacial score (nSPS) is 15.1. The number of sulfonamides is 1. The first kappa shape index (κ1) is 25.4. The van der Waals surface area contributed by atoms with Gasteiger partial charge in [0.15, 0.2) is 11.5 Å². The molecule has 0 atom stereocenters. The first-order valence-electron chi connectivity index (χ1n) is 11.0. The minimum absolute atomic E-state index is 0.0456. The topological polar surface area (TPSA) is 102 Å². The molecule has 1 aliphatic rings. The highest BCUT2D eigenvalue weighted by molar-refractivity contribution is 7.89. The van der Waals surface area contributed by atoms with Crippen molar-refractivity contribution in [2.24, 2.45) is 0 Å². The van der Waals surface area contributed by atoms with E-state index >= 15 is 0 Å². The van der Waals surface area contributed by atoms with Crippen LogP contribution in [0.25, 0.3) is 11.0 Å². The van der Waals surface area contributed by atoms with E-state index in [2.05, 4.69) is 9.97 Å². The number of carbonyl (C=O) groups is 1. The zero-order valence-electron chi connectivity index (χ0n) is 19.2. The maximum atomic E-state index is 13.2. The molecule has 0 aliphatic carbocycles. The van der Waals surface area contributed by atoms with E-state index in [1.54, 1.807) is 31.2 Å². The lowest BCUT2D eigenvalue weighted by atomic mass is 10.2. The van der Waals surface area contributed by atoms with Crippen molar-refractivity contribution in [1.82, 2.24) is 14.3 Å². The fourth-order valence-electron chi connectivity index (χ4n) is 3.84. The van der Waals surface area contributed by atoms with Gasteiger partial charge in [0.05, 0.1) is 39.7 Å². The number of esters is 1. The van der Waals surface area contributed by atoms with Gasteiger partial charge >= 0.3 is 5.97 Å². The highest BCUT2D eigenvalue weighted by Crippen LogP contribution is 2.30. The largest absolute Gasteiger partial charge is 0.497 e. The third-order valence-corrected chi connectivity index (χ3v) is 8.24. The summed E-state index contributed by atoms with van der Waals surface area (Å²) in [6.45, 7) is 3.19. The van der Waals surface area contributed by atoms with Crippen LogP contribution in [-0.4, -0.2) is 68.6 Å². The molecule has 186 valence electrons. The standard InChI is InChI=1S/C23H24Cl2N4O5S/c1-3-34-23(30)21-22(27-20-14-18(25)17(24)13-19(20)26-21)28-9-4-10-29(12-11-28)35(31,32)16-7-5-15(33-2)6-8-16/h5-8,13-14H,3-4,9-12H2,1-2H3. The van der Waals surface area contributed by atoms with Crippen molar-refractivity contribution in [1.29, 1.82) is 0 Å². The number of hydrogen-bond acceptors (Lipinski definition) is 8. The van der Waals surface area contributed by atoms with Crippen molar-refractivity contribution in [3.8, 4) is 5.75 Å². The van der Waals surface area contributed by atoms with Gasteiger partial charge in [-0.25, -0.2) is 23.2 Å². The second-order valence-electron chi connectivity index (χ2n) is 7.79. The highest BCUT2D eigenvalue weighted by atomic mass is 35.5. The molecule has 0 N–H and O–H groups in total. The lowest BCUT2D eigenvalue weighted by Crippen LogP contribution is -2.36. The SMILES string of the molecule is CCOC(=O)c1nc2cc(Cl)c(Cl)cc2nc1N1CCCN(S(=O)(=O)c2ccc(OC)cc2)CC1. The van der Waals surface area contributed by atoms with Crippen LogP contribution in [0.3, 0.4) is 0 Å². The van der Waals surface area contributed by atoms with Crippen molar-refractivity contribution < 1.29 is 22.7 Å². The van der Waals surface area contributed by atoms with Gasteiger partial charge < -0.3 is 14.4 Å². The summed E-state index contributed by atoms with van der Waals surface area (Å²) >= 11 is 12.3. The smallest absolute Gasteiger partial charge is 0.360 e. The van der Waals surface area contributed by atoms with Gasteiger partial charge in [-0.15, -0.1) is 0 Å². The molecule has 2 heterocycles. The summed E-state index contributed by atoms with van der Waals surface area (Å²) < 4.78 is 38.2. The van der Waals surface area contributed by atoms with E-state index in [1.807, 2.05) is 4.90 Å². The van der Waals surface area contributed by atoms with E-state index in [1.165, 1.54) is 23.5 Å². The maximum Gasteiger partial charge on any atom is 0.360 e. The first-order valence-corrected chi connectivity index (χ1v) is 13.2. The van der Waals surface area contributed by atoms with Crippen LogP contribution in [0.1, 0.15) is 23.8 Å². The number of methoxy groups -OCH3 is 1. The van der Waals surface area contributed by atoms with E-state index in [-0.39, 0.29) is 23.7 Å². The molecule has 35 heavy (non-hydrogen) atoms. The first-order chi connectivity index (χ1) is 16.7. The molecule has 0 saturated carbocycles. The fourth-order valence-corrected chi connectivity index (χ4v) is 5.63. The average Bonchev–Trinajstić information content (AvgIpc) is 3.11. The highest BCUT2D eigenvalue weighted by Gasteiger charge is 2.30. The van der Waals surface area contributed by atoms with E-state index < -0.39 is 16.0 Å². The summed E-state index contributed by atoms with van der Waals surface area (Å²) in [5.74, 6) is 0.279. The maximum absolute atomic E-state index is 13.2. The molecular formula is C23H24Cl2N4O5S. The molecule has 0 spiro atoms. The molecule has 12 heteroatoms. The molecule has 3 aromatic rings. The van der Waals surface area contributed by atoms with Gasteiger partial charge in [0.2, 0.25) is 10.0 Å². The van der Waals surface area contributed by atoms with Crippen molar-refractivity contribution in [2.75, 3.05) is 44.8 Å². The van der Waals surface area contributed by atoms with Crippen LogP contribution in [0.15, 0.2) is 41.3 Å².